The van der Waals surface area contributed by atoms with Gasteiger partial charge in [-0.05, 0) is 37.1 Å². The van der Waals surface area contributed by atoms with Crippen LogP contribution >= 0.6 is 0 Å². The van der Waals surface area contributed by atoms with Crippen molar-refractivity contribution in [3.05, 3.63) is 48.3 Å². The molecule has 5 heteroatoms. The SMILES string of the molecule is O=C(CCc1cnn(-c2ccccc2)c1)N1CCCNCC1. The number of rotatable bonds is 4. The van der Waals surface area contributed by atoms with Crippen molar-refractivity contribution in [1.82, 2.24) is 20.0 Å². The van der Waals surface area contributed by atoms with E-state index in [1.54, 1.807) is 0 Å². The fourth-order valence-electron chi connectivity index (χ4n) is 2.72. The molecule has 1 amide bonds. The van der Waals surface area contributed by atoms with E-state index in [-0.39, 0.29) is 5.91 Å². The second kappa shape index (κ2) is 7.22. The van der Waals surface area contributed by atoms with E-state index in [9.17, 15) is 4.79 Å². The number of carbonyl (C=O) groups excluding carboxylic acids is 1. The third kappa shape index (κ3) is 3.74. The Morgan fingerprint density at radius 1 is 1.18 bits per heavy atom. The Morgan fingerprint density at radius 3 is 2.91 bits per heavy atom. The van der Waals surface area contributed by atoms with Gasteiger partial charge in [0, 0.05) is 32.3 Å². The fourth-order valence-corrected chi connectivity index (χ4v) is 2.72. The molecule has 5 nitrogen and oxygen atoms in total. The lowest BCUT2D eigenvalue weighted by atomic mass is 10.2. The highest BCUT2D eigenvalue weighted by Gasteiger charge is 2.15. The molecule has 1 fully saturated rings. The smallest absolute Gasteiger partial charge is 0.222 e. The lowest BCUT2D eigenvalue weighted by molar-refractivity contribution is -0.130. The van der Waals surface area contributed by atoms with Crippen molar-refractivity contribution in [3.8, 4) is 5.69 Å². The molecule has 3 rings (SSSR count). The number of aromatic nitrogens is 2. The number of hydrogen-bond donors (Lipinski definition) is 1. The average Bonchev–Trinajstić information content (AvgIpc) is 2.87. The minimum atomic E-state index is 0.246. The van der Waals surface area contributed by atoms with Crippen LogP contribution in [0.15, 0.2) is 42.7 Å². The van der Waals surface area contributed by atoms with Gasteiger partial charge in [0.25, 0.3) is 0 Å². The first-order valence-corrected chi connectivity index (χ1v) is 7.90. The van der Waals surface area contributed by atoms with E-state index < -0.39 is 0 Å². The summed E-state index contributed by atoms with van der Waals surface area (Å²) in [5.41, 5.74) is 2.14. The van der Waals surface area contributed by atoms with Crippen molar-refractivity contribution in [2.24, 2.45) is 0 Å². The molecule has 2 aromatic rings. The van der Waals surface area contributed by atoms with Crippen LogP contribution in [0.3, 0.4) is 0 Å². The van der Waals surface area contributed by atoms with Gasteiger partial charge in [0.1, 0.15) is 0 Å². The lowest BCUT2D eigenvalue weighted by Crippen LogP contribution is -2.34. The third-order valence-electron chi connectivity index (χ3n) is 3.98. The number of para-hydroxylation sites is 1. The summed E-state index contributed by atoms with van der Waals surface area (Å²) in [5, 5.41) is 7.69. The van der Waals surface area contributed by atoms with Crippen molar-refractivity contribution in [2.75, 3.05) is 26.2 Å². The van der Waals surface area contributed by atoms with Gasteiger partial charge < -0.3 is 10.2 Å². The molecule has 22 heavy (non-hydrogen) atoms. The fraction of sp³-hybridized carbons (Fsp3) is 0.412. The van der Waals surface area contributed by atoms with Gasteiger partial charge in [-0.15, -0.1) is 0 Å². The molecule has 0 atom stereocenters. The van der Waals surface area contributed by atoms with E-state index in [0.717, 1.165) is 50.3 Å². The number of carbonyl (C=O) groups is 1. The largest absolute Gasteiger partial charge is 0.341 e. The Kier molecular flexibility index (Phi) is 4.85. The molecule has 1 aromatic carbocycles. The van der Waals surface area contributed by atoms with Crippen molar-refractivity contribution < 1.29 is 4.79 Å². The minimum absolute atomic E-state index is 0.246. The predicted octanol–water partition coefficient (Wildman–Crippen LogP) is 1.63. The van der Waals surface area contributed by atoms with E-state index in [1.165, 1.54) is 0 Å². The third-order valence-corrected chi connectivity index (χ3v) is 3.98. The quantitative estimate of drug-likeness (QED) is 0.933. The molecule has 1 N–H and O–H groups in total. The number of hydrogen-bond acceptors (Lipinski definition) is 3. The van der Waals surface area contributed by atoms with E-state index in [4.69, 9.17) is 0 Å². The maximum Gasteiger partial charge on any atom is 0.222 e. The first-order chi connectivity index (χ1) is 10.8. The Balaban J connectivity index is 1.55. The van der Waals surface area contributed by atoms with Crippen LogP contribution in [0.4, 0.5) is 0 Å². The van der Waals surface area contributed by atoms with E-state index in [0.29, 0.717) is 6.42 Å². The number of nitrogens with zero attached hydrogens (tertiary/aromatic N) is 3. The normalized spacial score (nSPS) is 15.5. The monoisotopic (exact) mass is 298 g/mol. The Labute approximate surface area is 130 Å². The highest BCUT2D eigenvalue weighted by molar-refractivity contribution is 5.76. The second-order valence-corrected chi connectivity index (χ2v) is 5.61. The first kappa shape index (κ1) is 14.8. The van der Waals surface area contributed by atoms with Gasteiger partial charge in [-0.2, -0.15) is 5.10 Å². The molecule has 0 radical (unpaired) electrons. The van der Waals surface area contributed by atoms with Crippen LogP contribution < -0.4 is 5.32 Å². The summed E-state index contributed by atoms with van der Waals surface area (Å²) in [6, 6.07) is 10.0. The summed E-state index contributed by atoms with van der Waals surface area (Å²) < 4.78 is 1.86. The summed E-state index contributed by atoms with van der Waals surface area (Å²) in [5.74, 6) is 0.246. The zero-order valence-electron chi connectivity index (χ0n) is 12.7. The van der Waals surface area contributed by atoms with Gasteiger partial charge in [-0.1, -0.05) is 18.2 Å². The van der Waals surface area contributed by atoms with Crippen LogP contribution in [0.5, 0.6) is 0 Å². The number of aryl methyl sites for hydroxylation is 1. The highest BCUT2D eigenvalue weighted by Crippen LogP contribution is 2.10. The van der Waals surface area contributed by atoms with Gasteiger partial charge in [0.15, 0.2) is 0 Å². The number of amides is 1. The lowest BCUT2D eigenvalue weighted by Gasteiger charge is -2.19. The van der Waals surface area contributed by atoms with E-state index >= 15 is 0 Å². The average molecular weight is 298 g/mol. The molecule has 1 aliphatic rings. The molecule has 1 aromatic heterocycles. The standard InChI is InChI=1S/C17H22N4O/c22-17(20-11-4-9-18-10-12-20)8-7-15-13-19-21(14-15)16-5-2-1-3-6-16/h1-3,5-6,13-14,18H,4,7-12H2. The molecule has 0 bridgehead atoms. The van der Waals surface area contributed by atoms with Gasteiger partial charge in [0.05, 0.1) is 11.9 Å². The summed E-state index contributed by atoms with van der Waals surface area (Å²) in [7, 11) is 0. The molecule has 0 aliphatic carbocycles. The van der Waals surface area contributed by atoms with Crippen molar-refractivity contribution in [1.29, 1.82) is 0 Å². The Morgan fingerprint density at radius 2 is 2.05 bits per heavy atom. The summed E-state index contributed by atoms with van der Waals surface area (Å²) in [6.07, 6.45) is 6.20. The molecule has 0 spiro atoms. The highest BCUT2D eigenvalue weighted by atomic mass is 16.2. The van der Waals surface area contributed by atoms with E-state index in [2.05, 4.69) is 10.4 Å². The van der Waals surface area contributed by atoms with Crippen LogP contribution in [0.25, 0.3) is 5.69 Å². The molecule has 116 valence electrons. The maximum absolute atomic E-state index is 12.3. The van der Waals surface area contributed by atoms with Crippen LogP contribution in [-0.2, 0) is 11.2 Å². The van der Waals surface area contributed by atoms with Gasteiger partial charge >= 0.3 is 0 Å². The number of nitrogens with one attached hydrogen (secondary N) is 1. The predicted molar refractivity (Wildman–Crippen MR) is 86.0 cm³/mol. The zero-order valence-corrected chi connectivity index (χ0v) is 12.7. The van der Waals surface area contributed by atoms with Crippen LogP contribution in [0.2, 0.25) is 0 Å². The van der Waals surface area contributed by atoms with Crippen LogP contribution in [0.1, 0.15) is 18.4 Å². The molecule has 0 saturated carbocycles. The summed E-state index contributed by atoms with van der Waals surface area (Å²) in [6.45, 7) is 3.60. The molecule has 2 heterocycles. The van der Waals surface area contributed by atoms with Crippen LogP contribution in [-0.4, -0.2) is 46.8 Å². The zero-order chi connectivity index (χ0) is 15.2. The summed E-state index contributed by atoms with van der Waals surface area (Å²) in [4.78, 5) is 14.2. The van der Waals surface area contributed by atoms with Gasteiger partial charge in [-0.25, -0.2) is 4.68 Å². The molecular formula is C17H22N4O. The van der Waals surface area contributed by atoms with Gasteiger partial charge in [0.2, 0.25) is 5.91 Å². The first-order valence-electron chi connectivity index (χ1n) is 7.90. The number of benzene rings is 1. The molecule has 1 aliphatic heterocycles. The minimum Gasteiger partial charge on any atom is -0.341 e. The topological polar surface area (TPSA) is 50.2 Å². The molecule has 1 saturated heterocycles. The van der Waals surface area contributed by atoms with Crippen LogP contribution in [0, 0.1) is 0 Å². The Bertz CT molecular complexity index is 600. The molecular weight excluding hydrogens is 276 g/mol. The van der Waals surface area contributed by atoms with Crippen molar-refractivity contribution in [3.63, 3.8) is 0 Å². The maximum atomic E-state index is 12.3. The van der Waals surface area contributed by atoms with Crippen molar-refractivity contribution in [2.45, 2.75) is 19.3 Å². The van der Waals surface area contributed by atoms with Gasteiger partial charge in [-0.3, -0.25) is 4.79 Å². The van der Waals surface area contributed by atoms with Crippen molar-refractivity contribution >= 4 is 5.91 Å². The van der Waals surface area contributed by atoms with E-state index in [1.807, 2.05) is 52.3 Å². The summed E-state index contributed by atoms with van der Waals surface area (Å²) >= 11 is 0. The Hall–Kier alpha value is -2.14. The second-order valence-electron chi connectivity index (χ2n) is 5.61. The molecule has 0 unspecified atom stereocenters.